The molecule has 2 fully saturated rings. The molecule has 2 aromatic carbocycles. The van der Waals surface area contributed by atoms with Gasteiger partial charge < -0.3 is 14.7 Å². The second kappa shape index (κ2) is 12.4. The van der Waals surface area contributed by atoms with Crippen LogP contribution in [0.2, 0.25) is 0 Å². The first-order chi connectivity index (χ1) is 17.5. The quantitative estimate of drug-likeness (QED) is 0.228. The van der Waals surface area contributed by atoms with Crippen molar-refractivity contribution in [2.45, 2.75) is 90.9 Å². The van der Waals surface area contributed by atoms with Crippen LogP contribution in [0.5, 0.6) is 0 Å². The normalized spacial score (nSPS) is 17.6. The van der Waals surface area contributed by atoms with Gasteiger partial charge in [-0.25, -0.2) is 4.79 Å². The van der Waals surface area contributed by atoms with Crippen LogP contribution >= 0.6 is 0 Å². The number of benzene rings is 2. The molecule has 1 aliphatic carbocycles. The Morgan fingerprint density at radius 3 is 2.44 bits per heavy atom. The van der Waals surface area contributed by atoms with Crippen LogP contribution in [0.25, 0.3) is 0 Å². The molecule has 36 heavy (non-hydrogen) atoms. The average molecular weight is 493 g/mol. The number of aryl methyl sites for hydroxylation is 2. The lowest BCUT2D eigenvalue weighted by molar-refractivity contribution is -0.0364. The van der Waals surface area contributed by atoms with E-state index >= 15 is 0 Å². The van der Waals surface area contributed by atoms with Gasteiger partial charge in [0.1, 0.15) is 12.7 Å². The summed E-state index contributed by atoms with van der Waals surface area (Å²) in [5, 5.41) is 13.2. The van der Waals surface area contributed by atoms with E-state index in [4.69, 9.17) is 14.7 Å². The van der Waals surface area contributed by atoms with E-state index < -0.39 is 6.16 Å². The van der Waals surface area contributed by atoms with Gasteiger partial charge in [0.2, 0.25) is 0 Å². The van der Waals surface area contributed by atoms with Gasteiger partial charge in [0.25, 0.3) is 0 Å². The number of nitrogens with zero attached hydrogens (tertiary/aromatic N) is 2. The molecule has 1 aliphatic heterocycles. The zero-order chi connectivity index (χ0) is 25.5. The summed E-state index contributed by atoms with van der Waals surface area (Å²) in [5.74, 6) is 0.715. The minimum Gasteiger partial charge on any atom is -0.450 e. The molecule has 0 atom stereocenters. The van der Waals surface area contributed by atoms with E-state index in [1.807, 2.05) is 6.92 Å². The van der Waals surface area contributed by atoms with Gasteiger partial charge in [0.05, 0.1) is 5.71 Å². The van der Waals surface area contributed by atoms with Crippen LogP contribution < -0.4 is 0 Å². The highest BCUT2D eigenvalue weighted by atomic mass is 16.7. The molecular formula is C30H40N2O4. The Bertz CT molecular complexity index is 1070. The zero-order valence-corrected chi connectivity index (χ0v) is 22.0. The Labute approximate surface area is 215 Å². The van der Waals surface area contributed by atoms with Crippen molar-refractivity contribution in [3.8, 4) is 0 Å². The van der Waals surface area contributed by atoms with E-state index in [0.29, 0.717) is 25.6 Å². The molecule has 4 rings (SSSR count). The first kappa shape index (κ1) is 26.2. The van der Waals surface area contributed by atoms with Gasteiger partial charge in [-0.15, -0.1) is 0 Å². The lowest BCUT2D eigenvalue weighted by Gasteiger charge is -2.38. The van der Waals surface area contributed by atoms with Crippen molar-refractivity contribution in [2.24, 2.45) is 5.16 Å². The number of oxime groups is 1. The fourth-order valence-corrected chi connectivity index (χ4v) is 5.57. The van der Waals surface area contributed by atoms with E-state index in [1.54, 1.807) is 0 Å². The van der Waals surface area contributed by atoms with E-state index in [2.05, 4.69) is 60.3 Å². The lowest BCUT2D eigenvalue weighted by Crippen LogP contribution is -2.52. The molecule has 1 saturated heterocycles. The third-order valence-corrected chi connectivity index (χ3v) is 7.66. The SMILES string of the molecule is CCc1cc(CON=C(C)c2ccc(C3CCCCC3)c(CC)c2)ccc1CN1CC(OC(=O)O)C1. The Morgan fingerprint density at radius 1 is 1.00 bits per heavy atom. The summed E-state index contributed by atoms with van der Waals surface area (Å²) in [6.45, 7) is 8.95. The first-order valence-electron chi connectivity index (χ1n) is 13.5. The van der Waals surface area contributed by atoms with Gasteiger partial charge >= 0.3 is 6.16 Å². The van der Waals surface area contributed by atoms with Crippen molar-refractivity contribution in [1.82, 2.24) is 4.90 Å². The Morgan fingerprint density at radius 2 is 1.75 bits per heavy atom. The van der Waals surface area contributed by atoms with Gasteiger partial charge in [-0.2, -0.15) is 0 Å². The predicted molar refractivity (Wildman–Crippen MR) is 143 cm³/mol. The van der Waals surface area contributed by atoms with E-state index in [9.17, 15) is 4.79 Å². The Kier molecular flexibility index (Phi) is 9.03. The third-order valence-electron chi connectivity index (χ3n) is 7.66. The standard InChI is InChI=1S/C30H40N2O4/c1-4-23-15-22(11-12-27(23)17-32-18-28(19-32)36-30(33)34)20-35-31-21(3)26-13-14-29(24(5-2)16-26)25-9-7-6-8-10-25/h11-16,25,28H,4-10,17-20H2,1-3H3,(H,33,34). The molecule has 0 spiro atoms. The van der Waals surface area contributed by atoms with Crippen LogP contribution in [-0.4, -0.2) is 41.1 Å². The maximum absolute atomic E-state index is 10.7. The van der Waals surface area contributed by atoms with Crippen molar-refractivity contribution in [2.75, 3.05) is 13.1 Å². The Hall–Kier alpha value is -2.86. The maximum atomic E-state index is 10.7. The highest BCUT2D eigenvalue weighted by Gasteiger charge is 2.30. The highest BCUT2D eigenvalue weighted by molar-refractivity contribution is 5.98. The molecule has 0 unspecified atom stereocenters. The number of hydrogen-bond donors (Lipinski definition) is 1. The average Bonchev–Trinajstić information content (AvgIpc) is 2.87. The zero-order valence-electron chi connectivity index (χ0n) is 22.0. The van der Waals surface area contributed by atoms with E-state index in [1.165, 1.54) is 54.4 Å². The Balaban J connectivity index is 1.33. The number of carbonyl (C=O) groups is 1. The summed E-state index contributed by atoms with van der Waals surface area (Å²) in [6.07, 6.45) is 7.29. The monoisotopic (exact) mass is 492 g/mol. The molecule has 6 heteroatoms. The minimum absolute atomic E-state index is 0.210. The molecule has 6 nitrogen and oxygen atoms in total. The molecule has 2 aliphatic rings. The van der Waals surface area contributed by atoms with Crippen molar-refractivity contribution in [3.63, 3.8) is 0 Å². The number of ether oxygens (including phenoxy) is 1. The predicted octanol–water partition coefficient (Wildman–Crippen LogP) is 6.68. The van der Waals surface area contributed by atoms with Crippen LogP contribution in [0.1, 0.15) is 92.2 Å². The summed E-state index contributed by atoms with van der Waals surface area (Å²) < 4.78 is 4.82. The van der Waals surface area contributed by atoms with Gasteiger partial charge in [0.15, 0.2) is 0 Å². The summed E-state index contributed by atoms with van der Waals surface area (Å²) in [6, 6.07) is 13.3. The molecule has 0 bridgehead atoms. The van der Waals surface area contributed by atoms with Crippen LogP contribution in [0.3, 0.4) is 0 Å². The van der Waals surface area contributed by atoms with Crippen LogP contribution in [0, 0.1) is 0 Å². The third kappa shape index (κ3) is 6.67. The number of likely N-dealkylation sites (tertiary alicyclic amines) is 1. The molecule has 0 radical (unpaired) electrons. The van der Waals surface area contributed by atoms with Crippen LogP contribution in [0.4, 0.5) is 4.79 Å². The van der Waals surface area contributed by atoms with Gasteiger partial charge in [-0.05, 0) is 78.0 Å². The summed E-state index contributed by atoms with van der Waals surface area (Å²) in [5.41, 5.74) is 8.67. The van der Waals surface area contributed by atoms with Gasteiger partial charge in [-0.3, -0.25) is 4.90 Å². The second-order valence-electron chi connectivity index (χ2n) is 10.2. The second-order valence-corrected chi connectivity index (χ2v) is 10.2. The van der Waals surface area contributed by atoms with Crippen molar-refractivity contribution in [1.29, 1.82) is 0 Å². The topological polar surface area (TPSA) is 71.4 Å². The molecule has 194 valence electrons. The van der Waals surface area contributed by atoms with Crippen molar-refractivity contribution in [3.05, 3.63) is 69.8 Å². The van der Waals surface area contributed by atoms with Crippen LogP contribution in [-0.2, 0) is 35.6 Å². The smallest absolute Gasteiger partial charge is 0.450 e. The van der Waals surface area contributed by atoms with Gasteiger partial charge in [0, 0.05) is 19.6 Å². The van der Waals surface area contributed by atoms with Gasteiger partial charge in [-0.1, -0.05) is 68.6 Å². The molecule has 0 aromatic heterocycles. The van der Waals surface area contributed by atoms with Crippen molar-refractivity contribution >= 4 is 11.9 Å². The maximum Gasteiger partial charge on any atom is 0.506 e. The largest absolute Gasteiger partial charge is 0.506 e. The number of rotatable bonds is 10. The molecule has 0 amide bonds. The first-order valence-corrected chi connectivity index (χ1v) is 13.5. The highest BCUT2D eigenvalue weighted by Crippen LogP contribution is 2.35. The molecule has 1 heterocycles. The molecule has 1 saturated carbocycles. The van der Waals surface area contributed by atoms with Crippen LogP contribution in [0.15, 0.2) is 41.6 Å². The van der Waals surface area contributed by atoms with E-state index in [-0.39, 0.29) is 6.10 Å². The lowest BCUT2D eigenvalue weighted by atomic mass is 9.81. The molecule has 1 N–H and O–H groups in total. The summed E-state index contributed by atoms with van der Waals surface area (Å²) in [4.78, 5) is 18.6. The minimum atomic E-state index is -1.20. The number of carboxylic acid groups (broad SMARTS) is 1. The van der Waals surface area contributed by atoms with E-state index in [0.717, 1.165) is 36.2 Å². The fourth-order valence-electron chi connectivity index (χ4n) is 5.57. The van der Waals surface area contributed by atoms with Crippen molar-refractivity contribution < 1.29 is 19.5 Å². The number of hydrogen-bond acceptors (Lipinski definition) is 5. The molecular weight excluding hydrogens is 452 g/mol. The summed E-state index contributed by atoms with van der Waals surface area (Å²) >= 11 is 0. The molecule has 2 aromatic rings. The summed E-state index contributed by atoms with van der Waals surface area (Å²) in [7, 11) is 0. The fraction of sp³-hybridized carbons (Fsp3) is 0.533.